The molecular weight excluding hydrogens is 208 g/mol. The molecule has 3 heteroatoms. The number of carbonyl (C=O) groups is 1. The summed E-state index contributed by atoms with van der Waals surface area (Å²) in [4.78, 5) is 11.6. The lowest BCUT2D eigenvalue weighted by molar-refractivity contribution is 0.0979. The Balaban J connectivity index is 2.37. The fraction of sp³-hybridized carbons (Fsp3) is 0.417. The molecule has 0 aliphatic carbocycles. The minimum absolute atomic E-state index is 0.147. The van der Waals surface area contributed by atoms with Gasteiger partial charge in [0, 0.05) is 12.0 Å². The highest BCUT2D eigenvalue weighted by molar-refractivity contribution is 7.80. The summed E-state index contributed by atoms with van der Waals surface area (Å²) in [7, 11) is 0. The van der Waals surface area contributed by atoms with Gasteiger partial charge in [-0.25, -0.2) is 0 Å². The van der Waals surface area contributed by atoms with E-state index >= 15 is 0 Å². The monoisotopic (exact) mass is 224 g/mol. The summed E-state index contributed by atoms with van der Waals surface area (Å²) in [6.07, 6.45) is 3.61. The molecule has 15 heavy (non-hydrogen) atoms. The number of thiol groups is 1. The lowest BCUT2D eigenvalue weighted by Gasteiger charge is -2.00. The van der Waals surface area contributed by atoms with E-state index in [1.54, 1.807) is 24.3 Å². The van der Waals surface area contributed by atoms with Crippen molar-refractivity contribution in [3.63, 3.8) is 0 Å². The van der Waals surface area contributed by atoms with E-state index in [0.717, 1.165) is 25.0 Å². The van der Waals surface area contributed by atoms with E-state index in [1.807, 2.05) is 0 Å². The van der Waals surface area contributed by atoms with Gasteiger partial charge < -0.3 is 5.11 Å². The van der Waals surface area contributed by atoms with E-state index in [-0.39, 0.29) is 11.5 Å². The molecule has 0 bridgehead atoms. The first kappa shape index (κ1) is 12.1. The summed E-state index contributed by atoms with van der Waals surface area (Å²) in [6.45, 7) is 0. The van der Waals surface area contributed by atoms with Crippen molar-refractivity contribution in [2.75, 3.05) is 5.75 Å². The summed E-state index contributed by atoms with van der Waals surface area (Å²) >= 11 is 4.11. The van der Waals surface area contributed by atoms with Gasteiger partial charge >= 0.3 is 0 Å². The number of hydrogen-bond donors (Lipinski definition) is 2. The number of unbranched alkanes of at least 4 members (excludes halogenated alkanes) is 2. The Hall–Kier alpha value is -0.960. The Labute approximate surface area is 95.7 Å². The molecule has 0 unspecified atom stereocenters. The van der Waals surface area contributed by atoms with Crippen molar-refractivity contribution in [2.24, 2.45) is 0 Å². The number of aromatic hydroxyl groups is 1. The molecule has 0 saturated carbocycles. The molecule has 0 aliphatic rings. The maximum atomic E-state index is 11.6. The lowest BCUT2D eigenvalue weighted by Crippen LogP contribution is -1.98. The fourth-order valence-corrected chi connectivity index (χ4v) is 1.59. The van der Waals surface area contributed by atoms with Gasteiger partial charge in [0.05, 0.1) is 0 Å². The van der Waals surface area contributed by atoms with Crippen LogP contribution in [0.4, 0.5) is 0 Å². The lowest BCUT2D eigenvalue weighted by atomic mass is 10.0. The van der Waals surface area contributed by atoms with Crippen molar-refractivity contribution in [2.45, 2.75) is 25.7 Å². The van der Waals surface area contributed by atoms with Gasteiger partial charge in [-0.1, -0.05) is 6.42 Å². The number of phenols is 1. The molecule has 1 rings (SSSR count). The van der Waals surface area contributed by atoms with Gasteiger partial charge in [0.2, 0.25) is 0 Å². The van der Waals surface area contributed by atoms with Gasteiger partial charge in [-0.3, -0.25) is 4.79 Å². The highest BCUT2D eigenvalue weighted by Crippen LogP contribution is 2.13. The van der Waals surface area contributed by atoms with Gasteiger partial charge in [0.1, 0.15) is 5.75 Å². The van der Waals surface area contributed by atoms with E-state index in [9.17, 15) is 4.79 Å². The number of benzene rings is 1. The molecule has 82 valence electrons. The minimum Gasteiger partial charge on any atom is -0.508 e. The zero-order valence-electron chi connectivity index (χ0n) is 8.65. The molecule has 0 spiro atoms. The third-order valence-corrected chi connectivity index (χ3v) is 2.57. The molecule has 1 aromatic carbocycles. The molecule has 0 atom stereocenters. The number of hydrogen-bond acceptors (Lipinski definition) is 3. The van der Waals surface area contributed by atoms with E-state index in [1.165, 1.54) is 0 Å². The van der Waals surface area contributed by atoms with Crippen LogP contribution in [0.5, 0.6) is 5.75 Å². The van der Waals surface area contributed by atoms with Gasteiger partial charge in [0.25, 0.3) is 0 Å². The summed E-state index contributed by atoms with van der Waals surface area (Å²) in [6, 6.07) is 6.41. The van der Waals surface area contributed by atoms with Gasteiger partial charge in [-0.2, -0.15) is 12.6 Å². The fourth-order valence-electron chi connectivity index (χ4n) is 1.37. The van der Waals surface area contributed by atoms with Crippen molar-refractivity contribution in [3.05, 3.63) is 29.8 Å². The SMILES string of the molecule is O=C(CCCCCS)c1ccc(O)cc1. The quantitative estimate of drug-likeness (QED) is 0.442. The number of phenolic OH excluding ortho intramolecular Hbond substituents is 1. The van der Waals surface area contributed by atoms with Crippen LogP contribution in [0, 0.1) is 0 Å². The Bertz CT molecular complexity index is 306. The van der Waals surface area contributed by atoms with Crippen LogP contribution in [-0.2, 0) is 0 Å². The molecule has 0 aliphatic heterocycles. The largest absolute Gasteiger partial charge is 0.508 e. The van der Waals surface area contributed by atoms with Crippen LogP contribution < -0.4 is 0 Å². The van der Waals surface area contributed by atoms with Gasteiger partial charge in [-0.05, 0) is 42.9 Å². The highest BCUT2D eigenvalue weighted by atomic mass is 32.1. The number of carbonyl (C=O) groups excluding carboxylic acids is 1. The molecule has 0 radical (unpaired) electrons. The van der Waals surface area contributed by atoms with Gasteiger partial charge in [0.15, 0.2) is 5.78 Å². The predicted molar refractivity (Wildman–Crippen MR) is 64.8 cm³/mol. The van der Waals surface area contributed by atoms with Crippen LogP contribution in [-0.4, -0.2) is 16.6 Å². The second-order valence-electron chi connectivity index (χ2n) is 3.50. The molecule has 2 nitrogen and oxygen atoms in total. The van der Waals surface area contributed by atoms with E-state index < -0.39 is 0 Å². The predicted octanol–water partition coefficient (Wildman–Crippen LogP) is 3.07. The Morgan fingerprint density at radius 3 is 2.40 bits per heavy atom. The molecule has 0 heterocycles. The second kappa shape index (κ2) is 6.51. The van der Waals surface area contributed by atoms with Crippen LogP contribution in [0.15, 0.2) is 24.3 Å². The van der Waals surface area contributed by atoms with Crippen molar-refractivity contribution < 1.29 is 9.90 Å². The molecule has 0 amide bonds. The third-order valence-electron chi connectivity index (χ3n) is 2.25. The molecule has 0 saturated heterocycles. The van der Waals surface area contributed by atoms with Crippen LogP contribution in [0.2, 0.25) is 0 Å². The number of ketones is 1. The first-order chi connectivity index (χ1) is 7.24. The molecule has 0 fully saturated rings. The van der Waals surface area contributed by atoms with E-state index in [2.05, 4.69) is 12.6 Å². The summed E-state index contributed by atoms with van der Waals surface area (Å²) in [5.74, 6) is 1.23. The van der Waals surface area contributed by atoms with Gasteiger partial charge in [-0.15, -0.1) is 0 Å². The Kier molecular flexibility index (Phi) is 5.26. The second-order valence-corrected chi connectivity index (χ2v) is 3.95. The van der Waals surface area contributed by atoms with Crippen molar-refractivity contribution >= 4 is 18.4 Å². The van der Waals surface area contributed by atoms with Crippen molar-refractivity contribution in [3.8, 4) is 5.75 Å². The topological polar surface area (TPSA) is 37.3 Å². The summed E-state index contributed by atoms with van der Waals surface area (Å²) in [5, 5.41) is 9.06. The number of Topliss-reactive ketones (excluding diaryl/α,β-unsaturated/α-hetero) is 1. The molecule has 1 N–H and O–H groups in total. The minimum atomic E-state index is 0.147. The summed E-state index contributed by atoms with van der Waals surface area (Å²) in [5.41, 5.74) is 0.679. The normalized spacial score (nSPS) is 10.2. The Morgan fingerprint density at radius 2 is 1.80 bits per heavy atom. The smallest absolute Gasteiger partial charge is 0.162 e. The average Bonchev–Trinajstić information content (AvgIpc) is 2.25. The zero-order chi connectivity index (χ0) is 11.1. The van der Waals surface area contributed by atoms with Crippen LogP contribution in [0.1, 0.15) is 36.0 Å². The van der Waals surface area contributed by atoms with Crippen molar-refractivity contribution in [1.29, 1.82) is 0 Å². The summed E-state index contributed by atoms with van der Waals surface area (Å²) < 4.78 is 0. The number of rotatable bonds is 6. The molecule has 1 aromatic rings. The molecule has 0 aromatic heterocycles. The third kappa shape index (κ3) is 4.38. The van der Waals surface area contributed by atoms with E-state index in [4.69, 9.17) is 5.11 Å². The average molecular weight is 224 g/mol. The van der Waals surface area contributed by atoms with Crippen molar-refractivity contribution in [1.82, 2.24) is 0 Å². The molecular formula is C12H16O2S. The van der Waals surface area contributed by atoms with E-state index in [0.29, 0.717) is 12.0 Å². The standard InChI is InChI=1S/C12H16O2S/c13-11-7-5-10(6-8-11)12(14)4-2-1-3-9-15/h5-8,13,15H,1-4,9H2. The Morgan fingerprint density at radius 1 is 1.13 bits per heavy atom. The van der Waals surface area contributed by atoms with Crippen LogP contribution in [0.25, 0.3) is 0 Å². The maximum absolute atomic E-state index is 11.6. The highest BCUT2D eigenvalue weighted by Gasteiger charge is 2.04. The van der Waals surface area contributed by atoms with Crippen LogP contribution in [0.3, 0.4) is 0 Å². The van der Waals surface area contributed by atoms with Crippen LogP contribution >= 0.6 is 12.6 Å². The first-order valence-electron chi connectivity index (χ1n) is 5.17. The maximum Gasteiger partial charge on any atom is 0.162 e. The first-order valence-corrected chi connectivity index (χ1v) is 5.80. The zero-order valence-corrected chi connectivity index (χ0v) is 9.54.